The Labute approximate surface area is 138 Å². The van der Waals surface area contributed by atoms with Crippen LogP contribution >= 0.6 is 0 Å². The average Bonchev–Trinajstić information content (AvgIpc) is 2.49. The molecular weight excluding hydrogens is 320 g/mol. The zero-order chi connectivity index (χ0) is 17.6. The molecule has 1 amide bonds. The fourth-order valence-corrected chi connectivity index (χ4v) is 4.32. The van der Waals surface area contributed by atoms with E-state index in [2.05, 4.69) is 5.32 Å². The molecule has 1 rings (SSSR count). The Kier molecular flexibility index (Phi) is 7.47. The molecule has 0 bridgehead atoms. The summed E-state index contributed by atoms with van der Waals surface area (Å²) in [5.74, 6) is -1.72. The molecule has 134 valence electrons. The number of unbranched alkanes of at least 4 members (excludes halogenated alkanes) is 1. The molecule has 0 aromatic carbocycles. The highest BCUT2D eigenvalue weighted by atomic mass is 32.2. The molecule has 8 heteroatoms. The number of carbonyl (C=O) groups excluding carboxylic acids is 1. The zero-order valence-corrected chi connectivity index (χ0v) is 14.9. The van der Waals surface area contributed by atoms with E-state index in [0.717, 1.165) is 6.42 Å². The lowest BCUT2D eigenvalue weighted by Gasteiger charge is -2.31. The molecule has 1 aliphatic rings. The minimum atomic E-state index is -3.24. The molecular formula is C15H28N2O5S. The molecule has 0 aromatic heterocycles. The van der Waals surface area contributed by atoms with Gasteiger partial charge in [0.05, 0.1) is 5.75 Å². The van der Waals surface area contributed by atoms with Gasteiger partial charge in [-0.2, -0.15) is 0 Å². The van der Waals surface area contributed by atoms with Gasteiger partial charge in [-0.3, -0.25) is 4.79 Å². The second-order valence-corrected chi connectivity index (χ2v) is 8.50. The van der Waals surface area contributed by atoms with Crippen LogP contribution in [0.5, 0.6) is 0 Å². The van der Waals surface area contributed by atoms with Gasteiger partial charge in [0.25, 0.3) is 0 Å². The van der Waals surface area contributed by atoms with Crippen LogP contribution in [0.1, 0.15) is 46.5 Å². The number of carboxylic acid groups (broad SMARTS) is 1. The molecule has 2 N–H and O–H groups in total. The van der Waals surface area contributed by atoms with Crippen molar-refractivity contribution in [3.8, 4) is 0 Å². The fraction of sp³-hybridized carbons (Fsp3) is 0.867. The lowest BCUT2D eigenvalue weighted by molar-refractivity contribution is -0.144. The third-order valence-electron chi connectivity index (χ3n) is 4.20. The van der Waals surface area contributed by atoms with Crippen LogP contribution in [-0.2, 0) is 19.6 Å². The number of nitrogens with zero attached hydrogens (tertiary/aromatic N) is 1. The summed E-state index contributed by atoms with van der Waals surface area (Å²) >= 11 is 0. The summed E-state index contributed by atoms with van der Waals surface area (Å²) in [4.78, 5) is 23.3. The van der Waals surface area contributed by atoms with Gasteiger partial charge in [0.2, 0.25) is 15.9 Å². The van der Waals surface area contributed by atoms with E-state index in [-0.39, 0.29) is 23.5 Å². The third-order valence-corrected chi connectivity index (χ3v) is 6.16. The molecule has 0 aromatic rings. The largest absolute Gasteiger partial charge is 0.480 e. The van der Waals surface area contributed by atoms with Gasteiger partial charge < -0.3 is 10.4 Å². The van der Waals surface area contributed by atoms with Crippen LogP contribution in [0, 0.1) is 11.8 Å². The van der Waals surface area contributed by atoms with E-state index in [1.54, 1.807) is 13.8 Å². The molecule has 1 heterocycles. The van der Waals surface area contributed by atoms with Gasteiger partial charge in [-0.25, -0.2) is 17.5 Å². The maximum atomic E-state index is 12.2. The summed E-state index contributed by atoms with van der Waals surface area (Å²) in [5.41, 5.74) is 0. The summed E-state index contributed by atoms with van der Waals surface area (Å²) < 4.78 is 25.7. The second-order valence-electron chi connectivity index (χ2n) is 6.41. The highest BCUT2D eigenvalue weighted by Gasteiger charge is 2.33. The molecule has 0 radical (unpaired) electrons. The van der Waals surface area contributed by atoms with Gasteiger partial charge in [0.15, 0.2) is 0 Å². The van der Waals surface area contributed by atoms with Gasteiger partial charge in [0.1, 0.15) is 6.04 Å². The molecule has 1 saturated heterocycles. The molecule has 1 aliphatic heterocycles. The van der Waals surface area contributed by atoms with Gasteiger partial charge >= 0.3 is 5.97 Å². The van der Waals surface area contributed by atoms with Crippen LogP contribution in [0.25, 0.3) is 0 Å². The monoisotopic (exact) mass is 348 g/mol. The van der Waals surface area contributed by atoms with E-state index in [9.17, 15) is 18.0 Å². The van der Waals surface area contributed by atoms with Crippen molar-refractivity contribution in [1.29, 1.82) is 0 Å². The van der Waals surface area contributed by atoms with Crippen LogP contribution < -0.4 is 5.32 Å². The number of rotatable bonds is 8. The SMILES string of the molecule is CCCCS(=O)(=O)N1CCC(C(=O)NC(C(=O)O)C(C)C)CC1. The van der Waals surface area contributed by atoms with Crippen molar-refractivity contribution in [3.63, 3.8) is 0 Å². The predicted octanol–water partition coefficient (Wildman–Crippen LogP) is 1.05. The molecule has 0 spiro atoms. The van der Waals surface area contributed by atoms with Gasteiger partial charge in [-0.05, 0) is 25.2 Å². The Morgan fingerprint density at radius 2 is 1.83 bits per heavy atom. The van der Waals surface area contributed by atoms with Crippen molar-refractivity contribution in [3.05, 3.63) is 0 Å². The number of piperidine rings is 1. The summed E-state index contributed by atoms with van der Waals surface area (Å²) in [7, 11) is -3.24. The lowest BCUT2D eigenvalue weighted by atomic mass is 9.95. The van der Waals surface area contributed by atoms with Crippen molar-refractivity contribution in [2.24, 2.45) is 11.8 Å². The van der Waals surface area contributed by atoms with Crippen LogP contribution in [0.3, 0.4) is 0 Å². The highest BCUT2D eigenvalue weighted by Crippen LogP contribution is 2.21. The van der Waals surface area contributed by atoms with Gasteiger partial charge in [-0.1, -0.05) is 27.2 Å². The number of carbonyl (C=O) groups is 2. The molecule has 0 saturated carbocycles. The second kappa shape index (κ2) is 8.63. The van der Waals surface area contributed by atoms with E-state index in [1.807, 2.05) is 6.92 Å². The van der Waals surface area contributed by atoms with Crippen molar-refractivity contribution in [1.82, 2.24) is 9.62 Å². The zero-order valence-electron chi connectivity index (χ0n) is 14.1. The predicted molar refractivity (Wildman–Crippen MR) is 87.4 cm³/mol. The van der Waals surface area contributed by atoms with Gasteiger partial charge in [0, 0.05) is 19.0 Å². The fourth-order valence-electron chi connectivity index (χ4n) is 2.64. The van der Waals surface area contributed by atoms with Crippen LogP contribution in [-0.4, -0.2) is 54.6 Å². The first-order valence-corrected chi connectivity index (χ1v) is 9.81. The molecule has 23 heavy (non-hydrogen) atoms. The summed E-state index contributed by atoms with van der Waals surface area (Å²) in [6.07, 6.45) is 2.32. The summed E-state index contributed by atoms with van der Waals surface area (Å²) in [6, 6.07) is -0.909. The van der Waals surface area contributed by atoms with Crippen LogP contribution in [0.2, 0.25) is 0 Å². The maximum absolute atomic E-state index is 12.2. The van der Waals surface area contributed by atoms with Crippen LogP contribution in [0.15, 0.2) is 0 Å². The number of hydrogen-bond acceptors (Lipinski definition) is 4. The summed E-state index contributed by atoms with van der Waals surface area (Å²) in [5, 5.41) is 11.7. The number of aliphatic carboxylic acids is 1. The Balaban J connectivity index is 2.55. The molecule has 1 unspecified atom stereocenters. The quantitative estimate of drug-likeness (QED) is 0.682. The van der Waals surface area contributed by atoms with E-state index < -0.39 is 22.0 Å². The normalized spacial score (nSPS) is 18.8. The molecule has 1 fully saturated rings. The summed E-state index contributed by atoms with van der Waals surface area (Å²) in [6.45, 7) is 6.07. The Morgan fingerprint density at radius 1 is 1.26 bits per heavy atom. The van der Waals surface area contributed by atoms with Crippen LogP contribution in [0.4, 0.5) is 0 Å². The first kappa shape index (κ1) is 19.9. The number of carboxylic acids is 1. The minimum absolute atomic E-state index is 0.148. The van der Waals surface area contributed by atoms with Crippen molar-refractivity contribution < 1.29 is 23.1 Å². The first-order chi connectivity index (χ1) is 10.7. The number of amides is 1. The highest BCUT2D eigenvalue weighted by molar-refractivity contribution is 7.89. The molecule has 7 nitrogen and oxygen atoms in total. The Hall–Kier alpha value is -1.15. The minimum Gasteiger partial charge on any atom is -0.480 e. The molecule has 0 aliphatic carbocycles. The Bertz CT molecular complexity index is 510. The van der Waals surface area contributed by atoms with Crippen molar-refractivity contribution in [2.75, 3.05) is 18.8 Å². The average molecular weight is 348 g/mol. The van der Waals surface area contributed by atoms with E-state index >= 15 is 0 Å². The first-order valence-electron chi connectivity index (χ1n) is 8.20. The van der Waals surface area contributed by atoms with Crippen molar-refractivity contribution in [2.45, 2.75) is 52.5 Å². The Morgan fingerprint density at radius 3 is 2.26 bits per heavy atom. The number of nitrogens with one attached hydrogen (secondary N) is 1. The van der Waals surface area contributed by atoms with Crippen molar-refractivity contribution >= 4 is 21.9 Å². The number of sulfonamides is 1. The standard InChI is InChI=1S/C15H28N2O5S/c1-4-5-10-23(21,22)17-8-6-12(7-9-17)14(18)16-13(11(2)3)15(19)20/h11-13H,4-10H2,1-3H3,(H,16,18)(H,19,20). The lowest BCUT2D eigenvalue weighted by Crippen LogP contribution is -2.49. The third kappa shape index (κ3) is 5.76. The van der Waals surface area contributed by atoms with E-state index in [4.69, 9.17) is 5.11 Å². The number of hydrogen-bond donors (Lipinski definition) is 2. The maximum Gasteiger partial charge on any atom is 0.326 e. The van der Waals surface area contributed by atoms with E-state index in [0.29, 0.717) is 32.4 Å². The topological polar surface area (TPSA) is 104 Å². The van der Waals surface area contributed by atoms with E-state index in [1.165, 1.54) is 4.31 Å². The molecule has 1 atom stereocenters. The smallest absolute Gasteiger partial charge is 0.326 e. The van der Waals surface area contributed by atoms with Gasteiger partial charge in [-0.15, -0.1) is 0 Å².